The molecule has 0 saturated carbocycles. The number of hydrogen-bond acceptors (Lipinski definition) is 2. The van der Waals surface area contributed by atoms with Gasteiger partial charge in [-0.15, -0.1) is 6.58 Å². The largest absolute Gasteiger partial charge is 0.481 e. The second-order valence-corrected chi connectivity index (χ2v) is 4.14. The van der Waals surface area contributed by atoms with E-state index in [-0.39, 0.29) is 11.9 Å². The molecule has 0 spiro atoms. The number of rotatable bonds is 4. The Bertz CT molecular complexity index is 291. The lowest BCUT2D eigenvalue weighted by molar-refractivity contribution is -0.142. The molecule has 5 nitrogen and oxygen atoms in total. The molecule has 2 N–H and O–H groups in total. The van der Waals surface area contributed by atoms with Gasteiger partial charge >= 0.3 is 12.0 Å². The molecule has 1 aliphatic heterocycles. The van der Waals surface area contributed by atoms with E-state index in [0.29, 0.717) is 19.6 Å². The molecule has 0 aromatic carbocycles. The number of carboxylic acids is 1. The highest BCUT2D eigenvalue weighted by Crippen LogP contribution is 2.22. The van der Waals surface area contributed by atoms with Crippen LogP contribution < -0.4 is 5.32 Å². The van der Waals surface area contributed by atoms with E-state index in [1.807, 2.05) is 6.92 Å². The van der Waals surface area contributed by atoms with Gasteiger partial charge in [0.15, 0.2) is 0 Å². The van der Waals surface area contributed by atoms with Crippen LogP contribution in [0.3, 0.4) is 0 Å². The Kier molecular flexibility index (Phi) is 4.34. The zero-order valence-corrected chi connectivity index (χ0v) is 9.48. The van der Waals surface area contributed by atoms with Crippen LogP contribution in [0, 0.1) is 11.8 Å². The Balaban J connectivity index is 2.42. The molecule has 0 bridgehead atoms. The van der Waals surface area contributed by atoms with Crippen LogP contribution in [0.25, 0.3) is 0 Å². The van der Waals surface area contributed by atoms with Crippen LogP contribution in [0.2, 0.25) is 0 Å². The zero-order chi connectivity index (χ0) is 12.1. The van der Waals surface area contributed by atoms with Crippen molar-refractivity contribution in [3.05, 3.63) is 12.7 Å². The fourth-order valence-electron chi connectivity index (χ4n) is 1.85. The molecule has 16 heavy (non-hydrogen) atoms. The van der Waals surface area contributed by atoms with Gasteiger partial charge in [-0.05, 0) is 12.3 Å². The molecule has 90 valence electrons. The molecule has 1 heterocycles. The molecular weight excluding hydrogens is 208 g/mol. The molecule has 1 rings (SSSR count). The SMILES string of the molecule is C=CCCNC(=O)N1C[C@@H](C)[C@H](C(=O)O)C1. The summed E-state index contributed by atoms with van der Waals surface area (Å²) in [5.74, 6) is -1.25. The molecule has 1 aliphatic rings. The number of urea groups is 1. The maximum Gasteiger partial charge on any atom is 0.317 e. The number of carbonyl (C=O) groups is 2. The Morgan fingerprint density at radius 2 is 2.25 bits per heavy atom. The number of aliphatic carboxylic acids is 1. The summed E-state index contributed by atoms with van der Waals surface area (Å²) >= 11 is 0. The topological polar surface area (TPSA) is 69.6 Å². The summed E-state index contributed by atoms with van der Waals surface area (Å²) < 4.78 is 0. The van der Waals surface area contributed by atoms with Crippen LogP contribution in [0.1, 0.15) is 13.3 Å². The van der Waals surface area contributed by atoms with E-state index in [1.165, 1.54) is 0 Å². The van der Waals surface area contributed by atoms with E-state index in [4.69, 9.17) is 5.11 Å². The minimum Gasteiger partial charge on any atom is -0.481 e. The van der Waals surface area contributed by atoms with Crippen molar-refractivity contribution in [3.8, 4) is 0 Å². The number of carbonyl (C=O) groups excluding carboxylic acids is 1. The van der Waals surface area contributed by atoms with Crippen LogP contribution >= 0.6 is 0 Å². The first-order chi connectivity index (χ1) is 7.56. The molecule has 5 heteroatoms. The van der Waals surface area contributed by atoms with E-state index in [2.05, 4.69) is 11.9 Å². The van der Waals surface area contributed by atoms with Crippen LogP contribution in [0.5, 0.6) is 0 Å². The van der Waals surface area contributed by atoms with Crippen molar-refractivity contribution in [1.29, 1.82) is 0 Å². The van der Waals surface area contributed by atoms with Crippen molar-refractivity contribution in [1.82, 2.24) is 10.2 Å². The number of nitrogens with one attached hydrogen (secondary N) is 1. The maximum atomic E-state index is 11.6. The molecule has 2 amide bonds. The average molecular weight is 226 g/mol. The first-order valence-electron chi connectivity index (χ1n) is 5.42. The van der Waals surface area contributed by atoms with Crippen LogP contribution in [0.4, 0.5) is 4.79 Å². The number of amides is 2. The van der Waals surface area contributed by atoms with Crippen molar-refractivity contribution in [2.24, 2.45) is 11.8 Å². The van der Waals surface area contributed by atoms with Gasteiger partial charge in [0.25, 0.3) is 0 Å². The Labute approximate surface area is 95.1 Å². The third-order valence-corrected chi connectivity index (χ3v) is 2.84. The summed E-state index contributed by atoms with van der Waals surface area (Å²) in [6.07, 6.45) is 2.45. The smallest absolute Gasteiger partial charge is 0.317 e. The monoisotopic (exact) mass is 226 g/mol. The van der Waals surface area contributed by atoms with Gasteiger partial charge in [0.05, 0.1) is 5.92 Å². The zero-order valence-electron chi connectivity index (χ0n) is 9.48. The van der Waals surface area contributed by atoms with Gasteiger partial charge in [-0.25, -0.2) is 4.79 Å². The van der Waals surface area contributed by atoms with E-state index in [0.717, 1.165) is 6.42 Å². The van der Waals surface area contributed by atoms with Gasteiger partial charge in [-0.3, -0.25) is 4.79 Å². The lowest BCUT2D eigenvalue weighted by Crippen LogP contribution is -2.39. The Morgan fingerprint density at radius 1 is 1.56 bits per heavy atom. The number of nitrogens with zero attached hydrogens (tertiary/aromatic N) is 1. The van der Waals surface area contributed by atoms with Gasteiger partial charge in [0.1, 0.15) is 0 Å². The van der Waals surface area contributed by atoms with Crippen molar-refractivity contribution in [2.45, 2.75) is 13.3 Å². The standard InChI is InChI=1S/C11H18N2O3/c1-3-4-5-12-11(16)13-6-8(2)9(7-13)10(14)15/h3,8-9H,1,4-7H2,2H3,(H,12,16)(H,14,15)/t8-,9-/m1/s1. The highest BCUT2D eigenvalue weighted by atomic mass is 16.4. The van der Waals surface area contributed by atoms with Crippen LogP contribution in [-0.2, 0) is 4.79 Å². The van der Waals surface area contributed by atoms with Gasteiger partial charge in [-0.1, -0.05) is 13.0 Å². The summed E-state index contributed by atoms with van der Waals surface area (Å²) in [6.45, 7) is 6.78. The molecule has 0 aromatic heterocycles. The van der Waals surface area contributed by atoms with Crippen LogP contribution in [-0.4, -0.2) is 41.6 Å². The molecule has 0 radical (unpaired) electrons. The fourth-order valence-corrected chi connectivity index (χ4v) is 1.85. The summed E-state index contributed by atoms with van der Waals surface area (Å²) in [5.41, 5.74) is 0. The van der Waals surface area contributed by atoms with Crippen molar-refractivity contribution < 1.29 is 14.7 Å². The van der Waals surface area contributed by atoms with Gasteiger partial charge in [0.2, 0.25) is 0 Å². The number of hydrogen-bond donors (Lipinski definition) is 2. The van der Waals surface area contributed by atoms with E-state index >= 15 is 0 Å². The normalized spacial score (nSPS) is 24.2. The second kappa shape index (κ2) is 5.53. The molecule has 2 atom stereocenters. The van der Waals surface area contributed by atoms with E-state index in [1.54, 1.807) is 11.0 Å². The summed E-state index contributed by atoms with van der Waals surface area (Å²) in [7, 11) is 0. The lowest BCUT2D eigenvalue weighted by atomic mass is 9.99. The maximum absolute atomic E-state index is 11.6. The average Bonchev–Trinajstić information content (AvgIpc) is 2.60. The van der Waals surface area contributed by atoms with Gasteiger partial charge in [0, 0.05) is 19.6 Å². The highest BCUT2D eigenvalue weighted by Gasteiger charge is 2.36. The lowest BCUT2D eigenvalue weighted by Gasteiger charge is -2.16. The Morgan fingerprint density at radius 3 is 2.75 bits per heavy atom. The molecular formula is C11H18N2O3. The summed E-state index contributed by atoms with van der Waals surface area (Å²) in [4.78, 5) is 24.1. The van der Waals surface area contributed by atoms with Crippen molar-refractivity contribution >= 4 is 12.0 Å². The minimum absolute atomic E-state index is 0.0163. The van der Waals surface area contributed by atoms with Gasteiger partial charge < -0.3 is 15.3 Å². The summed E-state index contributed by atoms with van der Waals surface area (Å²) in [6, 6.07) is -0.183. The van der Waals surface area contributed by atoms with Crippen molar-refractivity contribution in [2.75, 3.05) is 19.6 Å². The fraction of sp³-hybridized carbons (Fsp3) is 0.636. The third-order valence-electron chi connectivity index (χ3n) is 2.84. The predicted molar refractivity (Wildman–Crippen MR) is 60.1 cm³/mol. The third kappa shape index (κ3) is 2.98. The molecule has 1 saturated heterocycles. The highest BCUT2D eigenvalue weighted by molar-refractivity contribution is 5.77. The van der Waals surface area contributed by atoms with E-state index < -0.39 is 11.9 Å². The molecule has 0 aromatic rings. The second-order valence-electron chi connectivity index (χ2n) is 4.14. The number of carboxylic acid groups (broad SMARTS) is 1. The molecule has 1 fully saturated rings. The minimum atomic E-state index is -0.825. The van der Waals surface area contributed by atoms with Crippen molar-refractivity contribution in [3.63, 3.8) is 0 Å². The number of likely N-dealkylation sites (tertiary alicyclic amines) is 1. The van der Waals surface area contributed by atoms with Gasteiger partial charge in [-0.2, -0.15) is 0 Å². The molecule has 0 unspecified atom stereocenters. The van der Waals surface area contributed by atoms with E-state index in [9.17, 15) is 9.59 Å². The predicted octanol–water partition coefficient (Wildman–Crippen LogP) is 0.925. The molecule has 0 aliphatic carbocycles. The first-order valence-corrected chi connectivity index (χ1v) is 5.42. The first kappa shape index (κ1) is 12.5. The quantitative estimate of drug-likeness (QED) is 0.553. The Hall–Kier alpha value is -1.52. The van der Waals surface area contributed by atoms with Crippen LogP contribution in [0.15, 0.2) is 12.7 Å². The summed E-state index contributed by atoms with van der Waals surface area (Å²) in [5, 5.41) is 11.7.